The number of ether oxygens (including phenoxy) is 3. The van der Waals surface area contributed by atoms with Crippen molar-refractivity contribution in [3.8, 4) is 11.5 Å². The molecular weight excluding hydrogens is 444 g/mol. The van der Waals surface area contributed by atoms with Crippen LogP contribution in [0.5, 0.6) is 11.5 Å². The van der Waals surface area contributed by atoms with Crippen molar-refractivity contribution in [2.45, 2.75) is 12.5 Å². The van der Waals surface area contributed by atoms with Gasteiger partial charge in [-0.1, -0.05) is 6.07 Å². The SMILES string of the molecule is O=C1C(=O)N(CCCN2CCOCC2)[C@H](c2cccs2)/C1=C(\O)c1ccc2c(c1)OCCO2. The molecule has 174 valence electrons. The van der Waals surface area contributed by atoms with Crippen molar-refractivity contribution in [3.63, 3.8) is 0 Å². The summed E-state index contributed by atoms with van der Waals surface area (Å²) in [4.78, 5) is 30.9. The molecule has 0 unspecified atom stereocenters. The summed E-state index contributed by atoms with van der Waals surface area (Å²) in [5, 5.41) is 13.1. The van der Waals surface area contributed by atoms with Gasteiger partial charge >= 0.3 is 0 Å². The molecule has 1 atom stereocenters. The summed E-state index contributed by atoms with van der Waals surface area (Å²) in [5.74, 6) is -0.324. The minimum absolute atomic E-state index is 0.116. The number of thiophene rings is 1. The lowest BCUT2D eigenvalue weighted by Crippen LogP contribution is -2.38. The third-order valence-electron chi connectivity index (χ3n) is 6.15. The van der Waals surface area contributed by atoms with Crippen LogP contribution in [0.25, 0.3) is 5.76 Å². The molecule has 0 saturated carbocycles. The van der Waals surface area contributed by atoms with Crippen molar-refractivity contribution in [2.24, 2.45) is 0 Å². The zero-order chi connectivity index (χ0) is 22.8. The Morgan fingerprint density at radius 3 is 2.58 bits per heavy atom. The molecule has 1 aromatic heterocycles. The molecule has 2 fully saturated rings. The van der Waals surface area contributed by atoms with Crippen LogP contribution in [-0.4, -0.2) is 79.2 Å². The second-order valence-corrected chi connectivity index (χ2v) is 9.15. The van der Waals surface area contributed by atoms with Crippen LogP contribution < -0.4 is 9.47 Å². The summed E-state index contributed by atoms with van der Waals surface area (Å²) in [6.45, 7) is 5.32. The Kier molecular flexibility index (Phi) is 6.34. The Labute approximate surface area is 196 Å². The van der Waals surface area contributed by atoms with E-state index in [0.29, 0.717) is 36.8 Å². The summed E-state index contributed by atoms with van der Waals surface area (Å²) >= 11 is 1.47. The fraction of sp³-hybridized carbons (Fsp3) is 0.417. The molecular formula is C24H26N2O6S. The van der Waals surface area contributed by atoms with Gasteiger partial charge in [0, 0.05) is 36.6 Å². The number of Topliss-reactive ketones (excluding diaryl/α,β-unsaturated/α-hetero) is 1. The molecule has 1 aromatic carbocycles. The highest BCUT2D eigenvalue weighted by Crippen LogP contribution is 2.42. The first kappa shape index (κ1) is 21.9. The Balaban J connectivity index is 1.44. The molecule has 0 bridgehead atoms. The highest BCUT2D eigenvalue weighted by atomic mass is 32.1. The molecule has 2 aromatic rings. The summed E-state index contributed by atoms with van der Waals surface area (Å²) in [6, 6.07) is 8.22. The molecule has 0 aliphatic carbocycles. The number of carbonyl (C=O) groups is 2. The number of rotatable bonds is 6. The molecule has 9 heteroatoms. The smallest absolute Gasteiger partial charge is 0.295 e. The maximum atomic E-state index is 13.1. The first-order chi connectivity index (χ1) is 16.1. The van der Waals surface area contributed by atoms with Gasteiger partial charge in [-0.2, -0.15) is 0 Å². The van der Waals surface area contributed by atoms with Gasteiger partial charge in [0.25, 0.3) is 11.7 Å². The molecule has 0 spiro atoms. The summed E-state index contributed by atoms with van der Waals surface area (Å²) < 4.78 is 16.6. The third-order valence-corrected chi connectivity index (χ3v) is 7.07. The van der Waals surface area contributed by atoms with Crippen LogP contribution in [0.4, 0.5) is 0 Å². The minimum atomic E-state index is -0.660. The van der Waals surface area contributed by atoms with E-state index in [0.717, 1.165) is 44.1 Å². The van der Waals surface area contributed by atoms with E-state index in [1.807, 2.05) is 17.5 Å². The molecule has 33 heavy (non-hydrogen) atoms. The maximum Gasteiger partial charge on any atom is 0.295 e. The quantitative estimate of drug-likeness (QED) is 0.395. The normalized spacial score (nSPS) is 22.7. The van der Waals surface area contributed by atoms with Crippen molar-refractivity contribution in [2.75, 3.05) is 52.6 Å². The average molecular weight is 471 g/mol. The Morgan fingerprint density at radius 2 is 1.82 bits per heavy atom. The average Bonchev–Trinajstić information content (AvgIpc) is 3.47. The molecule has 8 nitrogen and oxygen atoms in total. The number of carbonyl (C=O) groups excluding carboxylic acids is 2. The van der Waals surface area contributed by atoms with Gasteiger partial charge in [0.1, 0.15) is 19.0 Å². The van der Waals surface area contributed by atoms with Crippen LogP contribution in [0, 0.1) is 0 Å². The van der Waals surface area contributed by atoms with Crippen molar-refractivity contribution >= 4 is 28.8 Å². The van der Waals surface area contributed by atoms with Crippen LogP contribution >= 0.6 is 11.3 Å². The van der Waals surface area contributed by atoms with E-state index >= 15 is 0 Å². The van der Waals surface area contributed by atoms with Crippen LogP contribution in [-0.2, 0) is 14.3 Å². The third kappa shape index (κ3) is 4.36. The van der Waals surface area contributed by atoms with Crippen molar-refractivity contribution in [1.82, 2.24) is 9.80 Å². The van der Waals surface area contributed by atoms with Crippen molar-refractivity contribution in [3.05, 3.63) is 51.7 Å². The predicted octanol–water partition coefficient (Wildman–Crippen LogP) is 2.66. The molecule has 3 aliphatic heterocycles. The lowest BCUT2D eigenvalue weighted by molar-refractivity contribution is -0.140. The number of hydrogen-bond acceptors (Lipinski definition) is 8. The number of morpholine rings is 1. The first-order valence-electron chi connectivity index (χ1n) is 11.2. The number of nitrogens with zero attached hydrogens (tertiary/aromatic N) is 2. The number of fused-ring (bicyclic) bond motifs is 1. The molecule has 4 heterocycles. The fourth-order valence-corrected chi connectivity index (χ4v) is 5.33. The summed E-state index contributed by atoms with van der Waals surface area (Å²) in [5.41, 5.74) is 0.539. The number of benzene rings is 1. The molecule has 1 amide bonds. The van der Waals surface area contributed by atoms with Crippen LogP contribution in [0.15, 0.2) is 41.3 Å². The van der Waals surface area contributed by atoms with Crippen LogP contribution in [0.2, 0.25) is 0 Å². The van der Waals surface area contributed by atoms with E-state index < -0.39 is 17.7 Å². The van der Waals surface area contributed by atoms with Gasteiger partial charge in [-0.15, -0.1) is 11.3 Å². The lowest BCUT2D eigenvalue weighted by atomic mass is 9.99. The predicted molar refractivity (Wildman–Crippen MR) is 123 cm³/mol. The van der Waals surface area contributed by atoms with Gasteiger partial charge in [0.2, 0.25) is 0 Å². The molecule has 5 rings (SSSR count). The molecule has 2 saturated heterocycles. The largest absolute Gasteiger partial charge is 0.507 e. The van der Waals surface area contributed by atoms with Gasteiger partial charge in [-0.25, -0.2) is 0 Å². The van der Waals surface area contributed by atoms with Gasteiger partial charge in [0.15, 0.2) is 11.5 Å². The fourth-order valence-electron chi connectivity index (χ4n) is 4.49. The topological polar surface area (TPSA) is 88.5 Å². The van der Waals surface area contributed by atoms with Gasteiger partial charge in [-0.05, 0) is 36.1 Å². The van der Waals surface area contributed by atoms with Crippen molar-refractivity contribution < 1.29 is 28.9 Å². The van der Waals surface area contributed by atoms with E-state index in [2.05, 4.69) is 4.90 Å². The highest BCUT2D eigenvalue weighted by Gasteiger charge is 2.46. The Bertz CT molecular complexity index is 1060. The number of likely N-dealkylation sites (tertiary alicyclic amines) is 1. The van der Waals surface area contributed by atoms with E-state index in [1.165, 1.54) is 11.3 Å². The van der Waals surface area contributed by atoms with Crippen LogP contribution in [0.1, 0.15) is 22.9 Å². The van der Waals surface area contributed by atoms with Gasteiger partial charge in [0.05, 0.1) is 24.8 Å². The Hall–Kier alpha value is -2.88. The monoisotopic (exact) mass is 470 g/mol. The summed E-state index contributed by atoms with van der Waals surface area (Å²) in [6.07, 6.45) is 0.735. The number of hydrogen-bond donors (Lipinski definition) is 1. The van der Waals surface area contributed by atoms with E-state index in [-0.39, 0.29) is 11.3 Å². The van der Waals surface area contributed by atoms with Gasteiger partial charge in [-0.3, -0.25) is 14.5 Å². The van der Waals surface area contributed by atoms with E-state index in [1.54, 1.807) is 23.1 Å². The van der Waals surface area contributed by atoms with E-state index in [4.69, 9.17) is 14.2 Å². The Morgan fingerprint density at radius 1 is 1.03 bits per heavy atom. The van der Waals surface area contributed by atoms with Gasteiger partial charge < -0.3 is 24.2 Å². The standard InChI is InChI=1S/C24H26N2O6S/c27-22(16-4-5-17-18(15-16)32-13-12-31-17)20-21(19-3-1-14-33-19)26(24(29)23(20)28)7-2-6-25-8-10-30-11-9-25/h1,3-5,14-15,21,27H,2,6-13H2/b22-20+/t21-/m1/s1. The zero-order valence-corrected chi connectivity index (χ0v) is 19.0. The number of ketones is 1. The summed E-state index contributed by atoms with van der Waals surface area (Å²) in [7, 11) is 0. The molecule has 1 N–H and O–H groups in total. The second-order valence-electron chi connectivity index (χ2n) is 8.17. The zero-order valence-electron chi connectivity index (χ0n) is 18.2. The number of aliphatic hydroxyl groups excluding tert-OH is 1. The van der Waals surface area contributed by atoms with Crippen molar-refractivity contribution in [1.29, 1.82) is 0 Å². The molecule has 0 radical (unpaired) electrons. The highest BCUT2D eigenvalue weighted by molar-refractivity contribution is 7.10. The number of amides is 1. The van der Waals surface area contributed by atoms with E-state index in [9.17, 15) is 14.7 Å². The number of aliphatic hydroxyl groups is 1. The lowest BCUT2D eigenvalue weighted by Gasteiger charge is -2.28. The maximum absolute atomic E-state index is 13.1. The minimum Gasteiger partial charge on any atom is -0.507 e. The van der Waals surface area contributed by atoms with Crippen LogP contribution in [0.3, 0.4) is 0 Å². The molecule has 3 aliphatic rings. The second kappa shape index (κ2) is 9.54. The first-order valence-corrected chi connectivity index (χ1v) is 12.0.